The minimum atomic E-state index is -2.43. The van der Waals surface area contributed by atoms with Crippen LogP contribution in [0.15, 0.2) is 24.3 Å². The van der Waals surface area contributed by atoms with E-state index in [2.05, 4.69) is 0 Å². The van der Waals surface area contributed by atoms with E-state index in [4.69, 9.17) is 5.26 Å². The molecule has 0 saturated heterocycles. The van der Waals surface area contributed by atoms with E-state index in [0.717, 1.165) is 0 Å². The van der Waals surface area contributed by atoms with Crippen LogP contribution in [0.2, 0.25) is 0 Å². The van der Waals surface area contributed by atoms with Crippen LogP contribution in [-0.2, 0) is 5.41 Å². The van der Waals surface area contributed by atoms with Crippen LogP contribution in [0.1, 0.15) is 25.0 Å². The third-order valence-corrected chi connectivity index (χ3v) is 2.28. The van der Waals surface area contributed by atoms with Crippen molar-refractivity contribution < 1.29 is 8.78 Å². The molecule has 0 N–H and O–H groups in total. The molecule has 1 nitrogen and oxygen atoms in total. The van der Waals surface area contributed by atoms with Crippen molar-refractivity contribution >= 4 is 0 Å². The van der Waals surface area contributed by atoms with Gasteiger partial charge in [0.2, 0.25) is 6.43 Å². The molecule has 0 aliphatic carbocycles. The van der Waals surface area contributed by atoms with E-state index in [0.29, 0.717) is 11.1 Å². The number of alkyl halides is 2. The highest BCUT2D eigenvalue weighted by Crippen LogP contribution is 2.30. The molecule has 0 saturated carbocycles. The Morgan fingerprint density at radius 1 is 1.36 bits per heavy atom. The monoisotopic (exact) mass is 195 g/mol. The lowest BCUT2D eigenvalue weighted by molar-refractivity contribution is 0.0694. The van der Waals surface area contributed by atoms with Crippen LogP contribution in [0.5, 0.6) is 0 Å². The number of benzene rings is 1. The molecular weight excluding hydrogens is 184 g/mol. The summed E-state index contributed by atoms with van der Waals surface area (Å²) in [4.78, 5) is 0. The lowest BCUT2D eigenvalue weighted by Gasteiger charge is -2.24. The van der Waals surface area contributed by atoms with Crippen LogP contribution in [0.25, 0.3) is 0 Å². The summed E-state index contributed by atoms with van der Waals surface area (Å²) in [6.07, 6.45) is -2.43. The van der Waals surface area contributed by atoms with Crippen molar-refractivity contribution in [2.24, 2.45) is 0 Å². The second kappa shape index (κ2) is 3.75. The number of hydrogen-bond acceptors (Lipinski definition) is 1. The van der Waals surface area contributed by atoms with Crippen LogP contribution in [-0.4, -0.2) is 6.43 Å². The molecule has 0 spiro atoms. The molecule has 0 amide bonds. The Kier molecular flexibility index (Phi) is 2.85. The Morgan fingerprint density at radius 3 is 2.50 bits per heavy atom. The molecular formula is C11H11F2N. The summed E-state index contributed by atoms with van der Waals surface area (Å²) in [5.74, 6) is 0. The van der Waals surface area contributed by atoms with Crippen LogP contribution in [0.4, 0.5) is 8.78 Å². The largest absolute Gasteiger partial charge is 0.247 e. The minimum Gasteiger partial charge on any atom is -0.210 e. The van der Waals surface area contributed by atoms with E-state index >= 15 is 0 Å². The maximum absolute atomic E-state index is 12.7. The molecule has 3 heteroatoms. The van der Waals surface area contributed by atoms with Crippen molar-refractivity contribution in [2.45, 2.75) is 25.7 Å². The molecule has 0 fully saturated rings. The van der Waals surface area contributed by atoms with Crippen molar-refractivity contribution in [2.75, 3.05) is 0 Å². The van der Waals surface area contributed by atoms with Gasteiger partial charge < -0.3 is 0 Å². The summed E-state index contributed by atoms with van der Waals surface area (Å²) in [6.45, 7) is 2.93. The summed E-state index contributed by atoms with van der Waals surface area (Å²) in [5.41, 5.74) is -0.296. The molecule has 1 rings (SSSR count). The highest BCUT2D eigenvalue weighted by atomic mass is 19.3. The lowest BCUT2D eigenvalue weighted by atomic mass is 9.84. The van der Waals surface area contributed by atoms with Crippen LogP contribution in [0, 0.1) is 11.3 Å². The molecule has 0 radical (unpaired) electrons. The van der Waals surface area contributed by atoms with Gasteiger partial charge >= 0.3 is 0 Å². The summed E-state index contributed by atoms with van der Waals surface area (Å²) in [7, 11) is 0. The molecule has 0 aliphatic heterocycles. The van der Waals surface area contributed by atoms with Gasteiger partial charge in [-0.3, -0.25) is 0 Å². The van der Waals surface area contributed by atoms with Gasteiger partial charge in [-0.25, -0.2) is 8.78 Å². The molecule has 0 unspecified atom stereocenters. The van der Waals surface area contributed by atoms with E-state index in [9.17, 15) is 8.78 Å². The Hall–Kier alpha value is -1.43. The zero-order chi connectivity index (χ0) is 10.8. The van der Waals surface area contributed by atoms with Gasteiger partial charge in [0.25, 0.3) is 0 Å². The second-order valence-electron chi connectivity index (χ2n) is 3.71. The maximum Gasteiger partial charge on any atom is 0.247 e. The van der Waals surface area contributed by atoms with E-state index in [1.54, 1.807) is 18.2 Å². The zero-order valence-corrected chi connectivity index (χ0v) is 8.09. The van der Waals surface area contributed by atoms with Gasteiger partial charge in [0.1, 0.15) is 0 Å². The molecule has 74 valence electrons. The predicted octanol–water partition coefficient (Wildman–Crippen LogP) is 3.10. The van der Waals surface area contributed by atoms with Crippen molar-refractivity contribution in [1.82, 2.24) is 0 Å². The summed E-state index contributed by atoms with van der Waals surface area (Å²) in [6, 6.07) is 8.28. The standard InChI is InChI=1S/C11H11F2N/c1-11(2,10(12)13)9-5-3-4-8(6-9)7-14/h3-6,10H,1-2H3. The second-order valence-corrected chi connectivity index (χ2v) is 3.71. The van der Waals surface area contributed by atoms with Gasteiger partial charge in [0.05, 0.1) is 17.0 Å². The molecule has 14 heavy (non-hydrogen) atoms. The van der Waals surface area contributed by atoms with Gasteiger partial charge in [0.15, 0.2) is 0 Å². The van der Waals surface area contributed by atoms with Gasteiger partial charge in [0, 0.05) is 0 Å². The smallest absolute Gasteiger partial charge is 0.210 e. The van der Waals surface area contributed by atoms with Crippen LogP contribution in [0.3, 0.4) is 0 Å². The summed E-state index contributed by atoms with van der Waals surface area (Å²) >= 11 is 0. The number of halogens is 2. The van der Waals surface area contributed by atoms with E-state index in [1.807, 2.05) is 6.07 Å². The number of nitriles is 1. The molecule has 0 aliphatic rings. The third kappa shape index (κ3) is 1.90. The van der Waals surface area contributed by atoms with Crippen LogP contribution < -0.4 is 0 Å². The Balaban J connectivity index is 3.14. The number of rotatable bonds is 2. The van der Waals surface area contributed by atoms with Crippen molar-refractivity contribution in [1.29, 1.82) is 5.26 Å². The van der Waals surface area contributed by atoms with Crippen molar-refractivity contribution in [3.63, 3.8) is 0 Å². The quantitative estimate of drug-likeness (QED) is 0.711. The lowest BCUT2D eigenvalue weighted by Crippen LogP contribution is -2.26. The summed E-state index contributed by atoms with van der Waals surface area (Å²) in [5, 5.41) is 8.63. The maximum atomic E-state index is 12.7. The van der Waals surface area contributed by atoms with Gasteiger partial charge in [-0.05, 0) is 17.7 Å². The number of hydrogen-bond donors (Lipinski definition) is 0. The molecule has 1 aromatic rings. The molecule has 0 atom stereocenters. The highest BCUT2D eigenvalue weighted by Gasteiger charge is 2.31. The molecule has 0 bridgehead atoms. The molecule has 1 aromatic carbocycles. The van der Waals surface area contributed by atoms with E-state index in [1.165, 1.54) is 19.9 Å². The fourth-order valence-corrected chi connectivity index (χ4v) is 1.12. The number of nitrogens with zero attached hydrogens (tertiary/aromatic N) is 1. The van der Waals surface area contributed by atoms with Gasteiger partial charge in [-0.15, -0.1) is 0 Å². The van der Waals surface area contributed by atoms with E-state index < -0.39 is 11.8 Å². The fraction of sp³-hybridized carbons (Fsp3) is 0.364. The first-order valence-electron chi connectivity index (χ1n) is 4.27. The van der Waals surface area contributed by atoms with Crippen molar-refractivity contribution in [3.05, 3.63) is 35.4 Å². The first kappa shape index (κ1) is 10.6. The predicted molar refractivity (Wildman–Crippen MR) is 50.2 cm³/mol. The normalized spacial score (nSPS) is 11.4. The first-order valence-corrected chi connectivity index (χ1v) is 4.27. The third-order valence-electron chi connectivity index (χ3n) is 2.28. The topological polar surface area (TPSA) is 23.8 Å². The zero-order valence-electron chi connectivity index (χ0n) is 8.09. The van der Waals surface area contributed by atoms with Crippen molar-refractivity contribution in [3.8, 4) is 6.07 Å². The average molecular weight is 195 g/mol. The van der Waals surface area contributed by atoms with Gasteiger partial charge in [-0.2, -0.15) is 5.26 Å². The Bertz CT molecular complexity index is 364. The minimum absolute atomic E-state index is 0.413. The summed E-state index contributed by atoms with van der Waals surface area (Å²) < 4.78 is 25.3. The molecule has 0 heterocycles. The highest BCUT2D eigenvalue weighted by molar-refractivity contribution is 5.36. The average Bonchev–Trinajstić information content (AvgIpc) is 2.17. The van der Waals surface area contributed by atoms with Crippen LogP contribution >= 0.6 is 0 Å². The van der Waals surface area contributed by atoms with Gasteiger partial charge in [-0.1, -0.05) is 26.0 Å². The molecule has 0 aromatic heterocycles. The Labute approximate surface area is 82.0 Å². The SMILES string of the molecule is CC(C)(c1cccc(C#N)c1)C(F)F. The fourth-order valence-electron chi connectivity index (χ4n) is 1.12. The first-order chi connectivity index (χ1) is 6.48. The van der Waals surface area contributed by atoms with E-state index in [-0.39, 0.29) is 0 Å². The Morgan fingerprint density at radius 2 is 2.00 bits per heavy atom.